The van der Waals surface area contributed by atoms with Gasteiger partial charge in [0, 0.05) is 48.9 Å². The van der Waals surface area contributed by atoms with E-state index in [9.17, 15) is 28.1 Å². The molecule has 3 rings (SSSR count). The second-order valence-corrected chi connectivity index (χ2v) is 8.03. The lowest BCUT2D eigenvalue weighted by molar-refractivity contribution is -0.384. The molecule has 0 spiro atoms. The third-order valence-electron chi connectivity index (χ3n) is 4.66. The van der Waals surface area contributed by atoms with Gasteiger partial charge in [0.1, 0.15) is 0 Å². The maximum absolute atomic E-state index is 12.9. The molecular formula is C19H17ClF3N3O3S. The molecule has 30 heavy (non-hydrogen) atoms. The molecule has 6 nitrogen and oxygen atoms in total. The van der Waals surface area contributed by atoms with Crippen molar-refractivity contribution >= 4 is 40.6 Å². The van der Waals surface area contributed by atoms with Crippen molar-refractivity contribution in [2.75, 3.05) is 36.8 Å². The lowest BCUT2D eigenvalue weighted by Crippen LogP contribution is -2.49. The summed E-state index contributed by atoms with van der Waals surface area (Å²) < 4.78 is 38.8. The maximum atomic E-state index is 12.9. The highest BCUT2D eigenvalue weighted by molar-refractivity contribution is 8.00. The Morgan fingerprint density at radius 2 is 1.73 bits per heavy atom. The summed E-state index contributed by atoms with van der Waals surface area (Å²) in [4.78, 5) is 26.7. The Labute approximate surface area is 179 Å². The van der Waals surface area contributed by atoms with E-state index in [0.717, 1.165) is 23.5 Å². The van der Waals surface area contributed by atoms with Crippen LogP contribution in [0.2, 0.25) is 5.02 Å². The molecule has 0 radical (unpaired) electrons. The van der Waals surface area contributed by atoms with Gasteiger partial charge in [-0.3, -0.25) is 14.9 Å². The van der Waals surface area contributed by atoms with Gasteiger partial charge in [0.25, 0.3) is 5.69 Å². The van der Waals surface area contributed by atoms with Crippen LogP contribution in [0.15, 0.2) is 47.4 Å². The van der Waals surface area contributed by atoms with Gasteiger partial charge in [-0.1, -0.05) is 11.6 Å². The van der Waals surface area contributed by atoms with Crippen molar-refractivity contribution in [2.24, 2.45) is 0 Å². The zero-order chi connectivity index (χ0) is 21.9. The predicted molar refractivity (Wildman–Crippen MR) is 109 cm³/mol. The van der Waals surface area contributed by atoms with E-state index >= 15 is 0 Å². The molecule has 160 valence electrons. The number of thioether (sulfide) groups is 1. The first-order chi connectivity index (χ1) is 14.1. The quantitative estimate of drug-likeness (QED) is 0.368. The molecule has 1 heterocycles. The maximum Gasteiger partial charge on any atom is 0.417 e. The minimum Gasteiger partial charge on any atom is -0.368 e. The van der Waals surface area contributed by atoms with Gasteiger partial charge in [0.15, 0.2) is 0 Å². The van der Waals surface area contributed by atoms with Crippen LogP contribution in [0.5, 0.6) is 0 Å². The Morgan fingerprint density at radius 3 is 2.30 bits per heavy atom. The van der Waals surface area contributed by atoms with Gasteiger partial charge in [-0.05, 0) is 30.3 Å². The number of rotatable bonds is 5. The Bertz CT molecular complexity index is 933. The number of hydrogen-bond donors (Lipinski definition) is 0. The Hall–Kier alpha value is -2.46. The highest BCUT2D eigenvalue weighted by Crippen LogP contribution is 2.37. The van der Waals surface area contributed by atoms with E-state index in [2.05, 4.69) is 0 Å². The first-order valence-electron chi connectivity index (χ1n) is 8.92. The van der Waals surface area contributed by atoms with Crippen molar-refractivity contribution in [3.05, 3.63) is 63.2 Å². The van der Waals surface area contributed by atoms with E-state index in [4.69, 9.17) is 11.6 Å². The monoisotopic (exact) mass is 459 g/mol. The molecule has 0 N–H and O–H groups in total. The number of benzene rings is 2. The number of nitro benzene ring substituents is 1. The summed E-state index contributed by atoms with van der Waals surface area (Å²) in [6.07, 6.45) is -4.55. The number of non-ortho nitro benzene ring substituents is 1. The molecule has 0 aromatic heterocycles. The fraction of sp³-hybridized carbons (Fsp3) is 0.316. The van der Waals surface area contributed by atoms with Crippen LogP contribution in [0.3, 0.4) is 0 Å². The Balaban J connectivity index is 1.53. The number of piperazine rings is 1. The number of anilines is 1. The van der Waals surface area contributed by atoms with Crippen LogP contribution in [-0.4, -0.2) is 47.7 Å². The van der Waals surface area contributed by atoms with E-state index in [-0.39, 0.29) is 22.4 Å². The van der Waals surface area contributed by atoms with E-state index < -0.39 is 16.7 Å². The summed E-state index contributed by atoms with van der Waals surface area (Å²) in [6, 6.07) is 9.80. The molecule has 2 aromatic carbocycles. The first-order valence-corrected chi connectivity index (χ1v) is 10.3. The molecule has 0 atom stereocenters. The number of nitrogens with zero attached hydrogens (tertiary/aromatic N) is 3. The van der Waals surface area contributed by atoms with Crippen LogP contribution in [0.1, 0.15) is 5.56 Å². The zero-order valence-corrected chi connectivity index (χ0v) is 17.1. The fourth-order valence-electron chi connectivity index (χ4n) is 3.05. The summed E-state index contributed by atoms with van der Waals surface area (Å²) in [5, 5.41) is 10.4. The molecule has 1 amide bonds. The zero-order valence-electron chi connectivity index (χ0n) is 15.6. The van der Waals surface area contributed by atoms with E-state index in [1.165, 1.54) is 24.3 Å². The van der Waals surface area contributed by atoms with E-state index in [1.807, 2.05) is 4.90 Å². The second kappa shape index (κ2) is 9.13. The molecule has 0 saturated carbocycles. The van der Waals surface area contributed by atoms with E-state index in [1.54, 1.807) is 17.0 Å². The van der Waals surface area contributed by atoms with Crippen molar-refractivity contribution in [1.29, 1.82) is 0 Å². The predicted octanol–water partition coefficient (Wildman–Crippen LogP) is 4.71. The molecule has 0 unspecified atom stereocenters. The van der Waals surface area contributed by atoms with Crippen molar-refractivity contribution in [2.45, 2.75) is 11.1 Å². The largest absolute Gasteiger partial charge is 0.417 e. The Morgan fingerprint density at radius 1 is 1.10 bits per heavy atom. The second-order valence-electron chi connectivity index (χ2n) is 6.57. The normalized spacial score (nSPS) is 14.7. The molecule has 1 saturated heterocycles. The standard InChI is InChI=1S/C19H17ClF3N3O3S/c20-17-6-5-15(11-16(17)19(21,22)23)30-12-18(27)25-9-7-24(8-10-25)13-1-3-14(4-2-13)26(28)29/h1-6,11H,7-10,12H2. The van der Waals surface area contributed by atoms with Gasteiger partial charge in [-0.25, -0.2) is 0 Å². The summed E-state index contributed by atoms with van der Waals surface area (Å²) in [5.74, 6) is -0.136. The van der Waals surface area contributed by atoms with E-state index in [0.29, 0.717) is 31.1 Å². The number of nitro groups is 1. The molecule has 11 heteroatoms. The minimum absolute atomic E-state index is 0.0143. The summed E-state index contributed by atoms with van der Waals surface area (Å²) >= 11 is 6.65. The molecular weight excluding hydrogens is 443 g/mol. The lowest BCUT2D eigenvalue weighted by Gasteiger charge is -2.36. The molecule has 1 aliphatic heterocycles. The average molecular weight is 460 g/mol. The number of amides is 1. The summed E-state index contributed by atoms with van der Waals surface area (Å²) in [6.45, 7) is 2.05. The highest BCUT2D eigenvalue weighted by Gasteiger charge is 2.33. The summed E-state index contributed by atoms with van der Waals surface area (Å²) in [5.41, 5.74) is -0.0679. The van der Waals surface area contributed by atoms with Crippen LogP contribution in [-0.2, 0) is 11.0 Å². The SMILES string of the molecule is O=C(CSc1ccc(Cl)c(C(F)(F)F)c1)N1CCN(c2ccc([N+](=O)[O-])cc2)CC1. The van der Waals surface area contributed by atoms with Crippen molar-refractivity contribution < 1.29 is 22.9 Å². The van der Waals surface area contributed by atoms with Gasteiger partial charge in [0.2, 0.25) is 5.91 Å². The lowest BCUT2D eigenvalue weighted by atomic mass is 10.2. The molecule has 1 fully saturated rings. The average Bonchev–Trinajstić information content (AvgIpc) is 2.72. The first kappa shape index (κ1) is 22.2. The number of alkyl halides is 3. The van der Waals surface area contributed by atoms with Crippen LogP contribution in [0.4, 0.5) is 24.5 Å². The van der Waals surface area contributed by atoms with Gasteiger partial charge < -0.3 is 9.80 Å². The Kier molecular flexibility index (Phi) is 6.77. The fourth-order valence-corrected chi connectivity index (χ4v) is 4.11. The molecule has 0 bridgehead atoms. The number of hydrogen-bond acceptors (Lipinski definition) is 5. The van der Waals surface area contributed by atoms with Crippen LogP contribution in [0.25, 0.3) is 0 Å². The third kappa shape index (κ3) is 5.37. The summed E-state index contributed by atoms with van der Waals surface area (Å²) in [7, 11) is 0. The van der Waals surface area contributed by atoms with Crippen molar-refractivity contribution in [3.8, 4) is 0 Å². The van der Waals surface area contributed by atoms with Crippen molar-refractivity contribution in [1.82, 2.24) is 4.90 Å². The number of carbonyl (C=O) groups excluding carboxylic acids is 1. The highest BCUT2D eigenvalue weighted by atomic mass is 35.5. The van der Waals surface area contributed by atoms with Crippen LogP contribution in [0, 0.1) is 10.1 Å². The topological polar surface area (TPSA) is 66.7 Å². The molecule has 0 aliphatic carbocycles. The smallest absolute Gasteiger partial charge is 0.368 e. The molecule has 1 aliphatic rings. The van der Waals surface area contributed by atoms with Crippen LogP contribution >= 0.6 is 23.4 Å². The van der Waals surface area contributed by atoms with Gasteiger partial charge in [0.05, 0.1) is 21.3 Å². The minimum atomic E-state index is -4.55. The third-order valence-corrected chi connectivity index (χ3v) is 5.97. The van der Waals surface area contributed by atoms with Crippen molar-refractivity contribution in [3.63, 3.8) is 0 Å². The van der Waals surface area contributed by atoms with Gasteiger partial charge in [-0.15, -0.1) is 11.8 Å². The van der Waals surface area contributed by atoms with Gasteiger partial charge >= 0.3 is 6.18 Å². The number of halogens is 4. The number of carbonyl (C=O) groups is 1. The van der Waals surface area contributed by atoms with Crippen LogP contribution < -0.4 is 4.90 Å². The molecule has 2 aromatic rings. The van der Waals surface area contributed by atoms with Gasteiger partial charge in [-0.2, -0.15) is 13.2 Å².